The molecule has 0 atom stereocenters. The Kier molecular flexibility index (Phi) is 4.98. The molecule has 2 rings (SSSR count). The van der Waals surface area contributed by atoms with Crippen molar-refractivity contribution < 1.29 is 9.90 Å². The molecule has 6 heteroatoms. The topological polar surface area (TPSA) is 61.7 Å². The van der Waals surface area contributed by atoms with E-state index in [-0.39, 0.29) is 11.3 Å². The average Bonchev–Trinajstić information content (AvgIpc) is 2.47. The van der Waals surface area contributed by atoms with E-state index < -0.39 is 5.91 Å². The van der Waals surface area contributed by atoms with Crippen LogP contribution >= 0.6 is 27.5 Å². The summed E-state index contributed by atoms with van der Waals surface area (Å²) in [5.41, 5.74) is 4.00. The Balaban J connectivity index is 2.16. The molecule has 0 saturated heterocycles. The zero-order valence-corrected chi connectivity index (χ0v) is 13.4. The molecule has 0 aliphatic carbocycles. The van der Waals surface area contributed by atoms with Crippen LogP contribution in [0.15, 0.2) is 52.0 Å². The van der Waals surface area contributed by atoms with Crippen molar-refractivity contribution in [3.63, 3.8) is 0 Å². The second-order valence-electron chi connectivity index (χ2n) is 4.31. The third-order valence-corrected chi connectivity index (χ3v) is 3.50. The van der Waals surface area contributed by atoms with Crippen LogP contribution in [0.3, 0.4) is 0 Å². The minimum Gasteiger partial charge on any atom is -0.507 e. The van der Waals surface area contributed by atoms with E-state index in [1.807, 2.05) is 24.3 Å². The molecule has 0 aromatic heterocycles. The van der Waals surface area contributed by atoms with Gasteiger partial charge in [-0.3, -0.25) is 4.79 Å². The summed E-state index contributed by atoms with van der Waals surface area (Å²) in [5.74, 6) is -0.670. The molecule has 0 spiro atoms. The number of hydrogen-bond acceptors (Lipinski definition) is 3. The molecule has 0 bridgehead atoms. The van der Waals surface area contributed by atoms with Crippen LogP contribution in [0.5, 0.6) is 5.75 Å². The number of phenols is 1. The van der Waals surface area contributed by atoms with Gasteiger partial charge in [-0.2, -0.15) is 5.10 Å². The van der Waals surface area contributed by atoms with Gasteiger partial charge in [-0.1, -0.05) is 39.7 Å². The molecule has 2 N–H and O–H groups in total. The van der Waals surface area contributed by atoms with Gasteiger partial charge < -0.3 is 5.11 Å². The molecule has 108 valence electrons. The molecular formula is C15H12BrClN2O2. The number of aromatic hydroxyl groups is 1. The Hall–Kier alpha value is -1.85. The first-order valence-corrected chi connectivity index (χ1v) is 7.23. The predicted molar refractivity (Wildman–Crippen MR) is 86.9 cm³/mol. The molecule has 0 saturated carbocycles. The van der Waals surface area contributed by atoms with Crippen LogP contribution in [0.25, 0.3) is 0 Å². The highest BCUT2D eigenvalue weighted by Crippen LogP contribution is 2.21. The van der Waals surface area contributed by atoms with E-state index in [1.165, 1.54) is 18.2 Å². The summed E-state index contributed by atoms with van der Waals surface area (Å²) in [6.07, 6.45) is 0. The summed E-state index contributed by atoms with van der Waals surface area (Å²) in [6.45, 7) is 1.78. The summed E-state index contributed by atoms with van der Waals surface area (Å²) in [7, 11) is 0. The standard InChI is InChI=1S/C15H12BrClN2O2/c1-9(10-3-2-4-11(16)7-10)18-19-15(21)13-8-12(17)5-6-14(13)20/h2-8,20H,1H3,(H,19,21)/b18-9-. The molecule has 4 nitrogen and oxygen atoms in total. The fraction of sp³-hybridized carbons (Fsp3) is 0.0667. The van der Waals surface area contributed by atoms with Gasteiger partial charge in [-0.05, 0) is 42.8 Å². The van der Waals surface area contributed by atoms with Crippen LogP contribution < -0.4 is 5.43 Å². The predicted octanol–water partition coefficient (Wildman–Crippen LogP) is 3.96. The van der Waals surface area contributed by atoms with E-state index in [9.17, 15) is 9.90 Å². The number of carbonyl (C=O) groups excluding carboxylic acids is 1. The number of nitrogens with zero attached hydrogens (tertiary/aromatic N) is 1. The molecule has 0 heterocycles. The minimum absolute atomic E-state index is 0.0771. The Morgan fingerprint density at radius 2 is 2.05 bits per heavy atom. The van der Waals surface area contributed by atoms with Crippen molar-refractivity contribution in [2.24, 2.45) is 5.10 Å². The van der Waals surface area contributed by atoms with Crippen molar-refractivity contribution in [2.75, 3.05) is 0 Å². The number of amides is 1. The van der Waals surface area contributed by atoms with Gasteiger partial charge >= 0.3 is 0 Å². The van der Waals surface area contributed by atoms with E-state index in [0.717, 1.165) is 10.0 Å². The molecule has 1 amide bonds. The number of nitrogens with one attached hydrogen (secondary N) is 1. The monoisotopic (exact) mass is 366 g/mol. The van der Waals surface area contributed by atoms with Crippen molar-refractivity contribution in [3.05, 3.63) is 63.1 Å². The van der Waals surface area contributed by atoms with Crippen LogP contribution in [0.1, 0.15) is 22.8 Å². The number of hydrazone groups is 1. The fourth-order valence-electron chi connectivity index (χ4n) is 1.66. The molecular weight excluding hydrogens is 356 g/mol. The summed E-state index contributed by atoms with van der Waals surface area (Å²) in [6, 6.07) is 11.8. The number of halogens is 2. The summed E-state index contributed by atoms with van der Waals surface area (Å²) in [4.78, 5) is 12.0. The Morgan fingerprint density at radius 1 is 1.29 bits per heavy atom. The van der Waals surface area contributed by atoms with E-state index in [0.29, 0.717) is 10.7 Å². The van der Waals surface area contributed by atoms with Gasteiger partial charge in [0.05, 0.1) is 11.3 Å². The first-order valence-electron chi connectivity index (χ1n) is 6.06. The van der Waals surface area contributed by atoms with Crippen LogP contribution in [0, 0.1) is 0 Å². The van der Waals surface area contributed by atoms with Crippen molar-refractivity contribution in [3.8, 4) is 5.75 Å². The smallest absolute Gasteiger partial charge is 0.275 e. The third kappa shape index (κ3) is 4.06. The van der Waals surface area contributed by atoms with Crippen molar-refractivity contribution in [2.45, 2.75) is 6.92 Å². The van der Waals surface area contributed by atoms with Crippen LogP contribution in [0.2, 0.25) is 5.02 Å². The maximum atomic E-state index is 12.0. The van der Waals surface area contributed by atoms with E-state index in [2.05, 4.69) is 26.5 Å². The highest BCUT2D eigenvalue weighted by Gasteiger charge is 2.11. The Labute approximate surface area is 135 Å². The van der Waals surface area contributed by atoms with Crippen LogP contribution in [-0.4, -0.2) is 16.7 Å². The first-order chi connectivity index (χ1) is 9.97. The molecule has 2 aromatic rings. The van der Waals surface area contributed by atoms with Crippen molar-refractivity contribution in [1.82, 2.24) is 5.43 Å². The number of phenolic OH excluding ortho intramolecular Hbond substituents is 1. The molecule has 0 fully saturated rings. The zero-order chi connectivity index (χ0) is 15.4. The van der Waals surface area contributed by atoms with Gasteiger partial charge in [0.1, 0.15) is 5.75 Å². The summed E-state index contributed by atoms with van der Waals surface area (Å²) >= 11 is 9.18. The summed E-state index contributed by atoms with van der Waals surface area (Å²) < 4.78 is 0.924. The van der Waals surface area contributed by atoms with Gasteiger partial charge in [-0.25, -0.2) is 5.43 Å². The molecule has 0 radical (unpaired) electrons. The molecule has 2 aromatic carbocycles. The maximum Gasteiger partial charge on any atom is 0.275 e. The second-order valence-corrected chi connectivity index (χ2v) is 5.66. The summed E-state index contributed by atoms with van der Waals surface area (Å²) in [5, 5.41) is 14.0. The maximum absolute atomic E-state index is 12.0. The van der Waals surface area contributed by atoms with Crippen molar-refractivity contribution in [1.29, 1.82) is 0 Å². The quantitative estimate of drug-likeness (QED) is 0.637. The van der Waals surface area contributed by atoms with E-state index >= 15 is 0 Å². The lowest BCUT2D eigenvalue weighted by Crippen LogP contribution is -2.19. The molecule has 0 aliphatic rings. The zero-order valence-electron chi connectivity index (χ0n) is 11.1. The Bertz CT molecular complexity index is 717. The largest absolute Gasteiger partial charge is 0.507 e. The number of benzene rings is 2. The molecule has 0 unspecified atom stereocenters. The molecule has 21 heavy (non-hydrogen) atoms. The highest BCUT2D eigenvalue weighted by atomic mass is 79.9. The fourth-order valence-corrected chi connectivity index (χ4v) is 2.23. The Morgan fingerprint density at radius 3 is 2.76 bits per heavy atom. The van der Waals surface area contributed by atoms with Crippen molar-refractivity contribution >= 4 is 39.1 Å². The lowest BCUT2D eigenvalue weighted by Gasteiger charge is -2.05. The number of rotatable bonds is 3. The average molecular weight is 368 g/mol. The van der Waals surface area contributed by atoms with E-state index in [4.69, 9.17) is 11.6 Å². The van der Waals surface area contributed by atoms with Gasteiger partial charge in [-0.15, -0.1) is 0 Å². The SMILES string of the molecule is C/C(=N/NC(=O)c1cc(Cl)ccc1O)c1cccc(Br)c1. The van der Waals surface area contributed by atoms with E-state index in [1.54, 1.807) is 6.92 Å². The minimum atomic E-state index is -0.524. The van der Waals surface area contributed by atoms with Crippen LogP contribution in [-0.2, 0) is 0 Å². The highest BCUT2D eigenvalue weighted by molar-refractivity contribution is 9.10. The van der Waals surface area contributed by atoms with Gasteiger partial charge in [0.15, 0.2) is 0 Å². The van der Waals surface area contributed by atoms with Crippen LogP contribution in [0.4, 0.5) is 0 Å². The van der Waals surface area contributed by atoms with Gasteiger partial charge in [0.25, 0.3) is 5.91 Å². The first kappa shape index (κ1) is 15.5. The lowest BCUT2D eigenvalue weighted by atomic mass is 10.1. The number of carbonyl (C=O) groups is 1. The third-order valence-electron chi connectivity index (χ3n) is 2.77. The second kappa shape index (κ2) is 6.74. The normalized spacial score (nSPS) is 11.3. The van der Waals surface area contributed by atoms with Gasteiger partial charge in [0.2, 0.25) is 0 Å². The lowest BCUT2D eigenvalue weighted by molar-refractivity contribution is 0.0952. The molecule has 0 aliphatic heterocycles. The van der Waals surface area contributed by atoms with Gasteiger partial charge in [0, 0.05) is 9.50 Å². The number of hydrogen-bond donors (Lipinski definition) is 2.